The molecule has 3 aliphatic rings. The van der Waals surface area contributed by atoms with Crippen LogP contribution in [0.25, 0.3) is 27.1 Å². The second-order valence-electron chi connectivity index (χ2n) is 25.0. The average molecular weight is 1260 g/mol. The highest BCUT2D eigenvalue weighted by Gasteiger charge is 2.34. The maximum absolute atomic E-state index is 14.0. The molecule has 0 radical (unpaired) electrons. The molecule has 0 aliphatic carbocycles. The highest BCUT2D eigenvalue weighted by Crippen LogP contribution is 2.49. The number of aryl methyl sites for hydroxylation is 1. The summed E-state index contributed by atoms with van der Waals surface area (Å²) in [5.74, 6) is 0.932. The molecule has 2 aromatic heterocycles. The number of fused-ring (bicyclic) bond motifs is 4. The molecule has 5 aromatic rings. The van der Waals surface area contributed by atoms with Gasteiger partial charge in [0.05, 0.1) is 10.7 Å². The molecule has 3 aromatic carbocycles. The number of allylic oxidation sites excluding steroid dienone is 1. The largest absolute Gasteiger partial charge is 0.492 e. The highest BCUT2D eigenvalue weighted by molar-refractivity contribution is 7.17. The minimum Gasteiger partial charge on any atom is -0.492 e. The van der Waals surface area contributed by atoms with Crippen LogP contribution in [-0.4, -0.2) is 165 Å². The summed E-state index contributed by atoms with van der Waals surface area (Å²) in [6, 6.07) is 15.8. The summed E-state index contributed by atoms with van der Waals surface area (Å²) >= 11 is 8.23. The van der Waals surface area contributed by atoms with E-state index in [2.05, 4.69) is 85.3 Å². The summed E-state index contributed by atoms with van der Waals surface area (Å²) in [5, 5.41) is 16.3. The van der Waals surface area contributed by atoms with Crippen LogP contribution in [0.15, 0.2) is 90.5 Å². The molecule has 1 saturated heterocycles. The molecule has 5 heterocycles. The summed E-state index contributed by atoms with van der Waals surface area (Å²) in [7, 11) is 3.35. The van der Waals surface area contributed by atoms with E-state index in [-0.39, 0.29) is 55.7 Å². The number of anilines is 2. The summed E-state index contributed by atoms with van der Waals surface area (Å²) in [4.78, 5) is 91.5. The number of aromatic nitrogens is 1. The van der Waals surface area contributed by atoms with Gasteiger partial charge >= 0.3 is 12.2 Å². The number of hydrogen-bond acceptors (Lipinski definition) is 13. The lowest BCUT2D eigenvalue weighted by Gasteiger charge is -2.33. The zero-order valence-electron chi connectivity index (χ0n) is 53.1. The van der Waals surface area contributed by atoms with Crippen molar-refractivity contribution in [2.45, 2.75) is 118 Å². The van der Waals surface area contributed by atoms with Gasteiger partial charge < -0.3 is 60.1 Å². The van der Waals surface area contributed by atoms with Crippen LogP contribution in [0.4, 0.5) is 21.0 Å². The Balaban J connectivity index is 0.798. The normalized spacial score (nSPS) is 15.8. The number of aromatic amines is 1. The third-order valence-corrected chi connectivity index (χ3v) is 18.0. The van der Waals surface area contributed by atoms with Crippen LogP contribution in [0.2, 0.25) is 0 Å². The van der Waals surface area contributed by atoms with Gasteiger partial charge in [-0.25, -0.2) is 9.59 Å². The van der Waals surface area contributed by atoms with Gasteiger partial charge in [0.1, 0.15) is 25.0 Å². The summed E-state index contributed by atoms with van der Waals surface area (Å²) in [6.07, 6.45) is 13.3. The zero-order chi connectivity index (χ0) is 63.8. The van der Waals surface area contributed by atoms with E-state index in [1.807, 2.05) is 39.8 Å². The molecule has 0 saturated carbocycles. The van der Waals surface area contributed by atoms with Gasteiger partial charge in [-0.15, -0.1) is 22.9 Å². The topological polar surface area (TPSA) is 210 Å². The number of H-pyrrole nitrogens is 1. The standard InChI is InChI=1S/C68H91ClN10O9S/c1-45(2)62(71-28-12-10-11-13-33-79-47(4)20-27-59(79)81)65(83)74-56(19-16-29-70-48(5)80)64(82)73-52-23-21-49(22-24-52)41-87-66(84)75(8)43-68(6,7)44-76(9)67(85)88-58-38-57-61(60-46(3)42-89-63(58)60)51(39-69)40-78(57)32-17-18-53-36-50-37-54(25-26-55(50)72-53)86-35-34-77-30-14-15-31-77/h17-18,20-27,36-38,42,45,51,56,62,71-72H,4,10-16,19,28-35,39-41,43-44H2,1-3,5-9H3,(H,70,80)(H,73,82)(H,74,83). The van der Waals surface area contributed by atoms with Gasteiger partial charge in [0.2, 0.25) is 17.7 Å². The maximum atomic E-state index is 14.0. The Morgan fingerprint density at radius 1 is 0.910 bits per heavy atom. The molecule has 3 unspecified atom stereocenters. The molecule has 3 aliphatic heterocycles. The number of rotatable bonds is 32. The van der Waals surface area contributed by atoms with Gasteiger partial charge in [-0.3, -0.25) is 24.1 Å². The molecule has 480 valence electrons. The molecule has 1 fully saturated rings. The van der Waals surface area contributed by atoms with Crippen molar-refractivity contribution in [3.05, 3.63) is 113 Å². The first kappa shape index (κ1) is 67.5. The Morgan fingerprint density at radius 2 is 1.65 bits per heavy atom. The number of hydrogen-bond donors (Lipinski definition) is 5. The number of nitrogens with one attached hydrogen (secondary N) is 5. The maximum Gasteiger partial charge on any atom is 0.415 e. The van der Waals surface area contributed by atoms with Gasteiger partial charge in [0, 0.05) is 135 Å². The molecular weight excluding hydrogens is 1170 g/mol. The number of likely N-dealkylation sites (tertiary alicyclic amines) is 1. The minimum atomic E-state index is -0.882. The number of nitrogens with zero attached hydrogens (tertiary/aromatic N) is 5. The molecule has 3 atom stereocenters. The van der Waals surface area contributed by atoms with Gasteiger partial charge in [0.25, 0.3) is 5.91 Å². The van der Waals surface area contributed by atoms with Crippen molar-refractivity contribution in [2.75, 3.05) is 102 Å². The number of unbranched alkanes of at least 4 members (excludes halogenated alkanes) is 3. The van der Waals surface area contributed by atoms with Crippen molar-refractivity contribution in [3.63, 3.8) is 0 Å². The molecule has 0 spiro atoms. The van der Waals surface area contributed by atoms with E-state index < -0.39 is 35.6 Å². The van der Waals surface area contributed by atoms with Gasteiger partial charge in [-0.05, 0) is 142 Å². The lowest BCUT2D eigenvalue weighted by atomic mass is 9.92. The first-order valence-corrected chi connectivity index (χ1v) is 32.8. The van der Waals surface area contributed by atoms with Crippen molar-refractivity contribution in [1.82, 2.24) is 40.5 Å². The third-order valence-electron chi connectivity index (χ3n) is 16.6. The van der Waals surface area contributed by atoms with Crippen LogP contribution in [-0.2, 0) is 30.5 Å². The Kier molecular flexibility index (Phi) is 24.2. The molecule has 21 heteroatoms. The van der Waals surface area contributed by atoms with E-state index in [0.29, 0.717) is 67.8 Å². The van der Waals surface area contributed by atoms with Crippen LogP contribution < -0.4 is 35.6 Å². The van der Waals surface area contributed by atoms with Crippen LogP contribution in [0.3, 0.4) is 0 Å². The van der Waals surface area contributed by atoms with Crippen molar-refractivity contribution in [1.29, 1.82) is 0 Å². The SMILES string of the molecule is C=C1C=CC(=O)N1CCCCCCNC(C(=O)NC(CCCNC(C)=O)C(=O)Nc1ccc(COC(=O)N(C)CC(C)(C)CN(C)C(=O)Oc2cc3c(c4c(C)csc24)C(CCl)CN3CC=Cc2cc3cc(OCCN4CCCC4)ccc3[nH]2)cc1)C(C)C. The van der Waals surface area contributed by atoms with Crippen LogP contribution >= 0.6 is 22.9 Å². The highest BCUT2D eigenvalue weighted by atomic mass is 35.5. The number of alkyl halides is 1. The van der Waals surface area contributed by atoms with Crippen molar-refractivity contribution < 1.29 is 43.0 Å². The Morgan fingerprint density at radius 3 is 2.36 bits per heavy atom. The minimum absolute atomic E-state index is 0.0278. The zero-order valence-corrected chi connectivity index (χ0v) is 54.7. The van der Waals surface area contributed by atoms with Crippen molar-refractivity contribution >= 4 is 97.2 Å². The summed E-state index contributed by atoms with van der Waals surface area (Å²) < 4.78 is 19.0. The quantitative estimate of drug-likeness (QED) is 0.0201. The number of ether oxygens (including phenoxy) is 3. The number of benzene rings is 3. The summed E-state index contributed by atoms with van der Waals surface area (Å²) in [6.45, 7) is 22.7. The Bertz CT molecular complexity index is 3330. The number of thiophene rings is 1. The summed E-state index contributed by atoms with van der Waals surface area (Å²) in [5.41, 5.74) is 6.64. The fourth-order valence-electron chi connectivity index (χ4n) is 12.1. The van der Waals surface area contributed by atoms with E-state index >= 15 is 0 Å². The number of carbonyl (C=O) groups is 6. The van der Waals surface area contributed by atoms with Gasteiger partial charge in [-0.1, -0.05) is 65.3 Å². The van der Waals surface area contributed by atoms with E-state index in [1.165, 1.54) is 41.2 Å². The van der Waals surface area contributed by atoms with Crippen molar-refractivity contribution in [2.24, 2.45) is 11.3 Å². The van der Waals surface area contributed by atoms with Gasteiger partial charge in [-0.2, -0.15) is 0 Å². The van der Waals surface area contributed by atoms with E-state index in [1.54, 1.807) is 60.7 Å². The fourth-order valence-corrected chi connectivity index (χ4v) is 13.3. The monoisotopic (exact) mass is 1260 g/mol. The van der Waals surface area contributed by atoms with E-state index in [4.69, 9.17) is 25.8 Å². The molecule has 6 amide bonds. The predicted octanol–water partition coefficient (Wildman–Crippen LogP) is 11.2. The first-order valence-electron chi connectivity index (χ1n) is 31.3. The van der Waals surface area contributed by atoms with E-state index in [0.717, 1.165) is 95.5 Å². The molecule has 0 bridgehead atoms. The molecule has 19 nitrogen and oxygen atoms in total. The smallest absolute Gasteiger partial charge is 0.415 e. The van der Waals surface area contributed by atoms with E-state index in [9.17, 15) is 28.8 Å². The van der Waals surface area contributed by atoms with Crippen LogP contribution in [0, 0.1) is 18.3 Å². The number of carbonyl (C=O) groups excluding carboxylic acids is 6. The third kappa shape index (κ3) is 18.8. The molecule has 89 heavy (non-hydrogen) atoms. The lowest BCUT2D eigenvalue weighted by molar-refractivity contribution is -0.128. The average Bonchev–Trinajstić information content (AvgIpc) is 1.61. The molecule has 5 N–H and O–H groups in total. The lowest BCUT2D eigenvalue weighted by Crippen LogP contribution is -2.53. The number of amides is 6. The molecular formula is C68H91ClN10O9S. The second kappa shape index (κ2) is 31.9. The van der Waals surface area contributed by atoms with Gasteiger partial charge in [0.15, 0.2) is 5.75 Å². The van der Waals surface area contributed by atoms with Crippen molar-refractivity contribution in [3.8, 4) is 11.5 Å². The predicted molar refractivity (Wildman–Crippen MR) is 356 cm³/mol. The number of halogens is 1. The van der Waals surface area contributed by atoms with Crippen LogP contribution in [0.5, 0.6) is 11.5 Å². The second-order valence-corrected chi connectivity index (χ2v) is 26.2. The molecule has 8 rings (SSSR count). The Hall–Kier alpha value is -7.39. The fraction of sp³-hybridized carbons (Fsp3) is 0.500. The van der Waals surface area contributed by atoms with Crippen LogP contribution in [0.1, 0.15) is 114 Å². The first-order chi connectivity index (χ1) is 42.7. The Labute approximate surface area is 533 Å².